The van der Waals surface area contributed by atoms with E-state index in [4.69, 9.17) is 0 Å². The normalized spacial score (nSPS) is 11.6. The summed E-state index contributed by atoms with van der Waals surface area (Å²) in [7, 11) is 0. The minimum atomic E-state index is -4.34. The third-order valence-corrected chi connectivity index (χ3v) is 2.92. The molecule has 0 fully saturated rings. The molecule has 0 saturated heterocycles. The molecule has 0 aliphatic rings. The van der Waals surface area contributed by atoms with Gasteiger partial charge in [0, 0.05) is 0 Å². The Kier molecular flexibility index (Phi) is 10.2. The number of alkyl halides is 3. The smallest absolute Gasteiger partial charge is 0.346 e. The maximum atomic E-state index is 11.8. The van der Waals surface area contributed by atoms with Crippen LogP contribution in [0.2, 0.25) is 0 Å². The summed E-state index contributed by atoms with van der Waals surface area (Å²) in [5, 5.41) is 4.64. The lowest BCUT2D eigenvalue weighted by molar-refractivity contribution is -0.137. The second-order valence-electron chi connectivity index (χ2n) is 3.98. The van der Waals surface area contributed by atoms with Crippen LogP contribution in [0.1, 0.15) is 25.7 Å². The Morgan fingerprint density at radius 3 is 2.44 bits per heavy atom. The van der Waals surface area contributed by atoms with Crippen LogP contribution in [0.3, 0.4) is 0 Å². The van der Waals surface area contributed by atoms with Crippen LogP contribution in [0.4, 0.5) is 13.2 Å². The predicted molar refractivity (Wildman–Crippen MR) is 68.8 cm³/mol. The minimum Gasteiger partial charge on any atom is -0.346 e. The molecule has 0 aliphatic carbocycles. The topological polar surface area (TPSA) is 41.1 Å². The molecular formula is C11H21F3N2OS. The van der Waals surface area contributed by atoms with E-state index in [2.05, 4.69) is 11.6 Å². The molecule has 0 aromatic carbocycles. The predicted octanol–water partition coefficient (Wildman–Crippen LogP) is 2.18. The van der Waals surface area contributed by atoms with E-state index < -0.39 is 18.6 Å². The molecule has 2 N–H and O–H groups in total. The van der Waals surface area contributed by atoms with Crippen molar-refractivity contribution in [2.24, 2.45) is 0 Å². The van der Waals surface area contributed by atoms with E-state index in [-0.39, 0.29) is 6.54 Å². The summed E-state index contributed by atoms with van der Waals surface area (Å²) in [6.45, 7) is -0.651. The molecule has 0 aromatic heterocycles. The van der Waals surface area contributed by atoms with Crippen LogP contribution in [-0.2, 0) is 4.79 Å². The number of amides is 1. The van der Waals surface area contributed by atoms with E-state index in [0.29, 0.717) is 6.54 Å². The van der Waals surface area contributed by atoms with E-state index in [1.165, 1.54) is 6.42 Å². The number of carbonyl (C=O) groups excluding carboxylic acids is 1. The quantitative estimate of drug-likeness (QED) is 0.605. The number of unbranched alkanes of at least 4 members (excludes halogenated alkanes) is 3. The number of thioether (sulfide) groups is 1. The second kappa shape index (κ2) is 10.5. The highest BCUT2D eigenvalue weighted by molar-refractivity contribution is 7.98. The lowest BCUT2D eigenvalue weighted by Gasteiger charge is -2.08. The number of carbonyl (C=O) groups is 1. The van der Waals surface area contributed by atoms with Gasteiger partial charge >= 0.3 is 6.18 Å². The number of hydrogen-bond donors (Lipinski definition) is 2. The molecule has 0 bridgehead atoms. The molecule has 0 radical (unpaired) electrons. The van der Waals surface area contributed by atoms with E-state index in [1.807, 2.05) is 17.1 Å². The molecule has 108 valence electrons. The lowest BCUT2D eigenvalue weighted by atomic mass is 10.2. The van der Waals surface area contributed by atoms with Gasteiger partial charge in [-0.2, -0.15) is 24.9 Å². The first-order valence-corrected chi connectivity index (χ1v) is 7.38. The Labute approximate surface area is 110 Å². The summed E-state index contributed by atoms with van der Waals surface area (Å²) in [6, 6.07) is 0. The molecule has 1 amide bonds. The molecule has 0 unspecified atom stereocenters. The van der Waals surface area contributed by atoms with Crippen molar-refractivity contribution in [3.63, 3.8) is 0 Å². The van der Waals surface area contributed by atoms with E-state index in [0.717, 1.165) is 25.0 Å². The monoisotopic (exact) mass is 286 g/mol. The zero-order chi connectivity index (χ0) is 13.9. The Balaban J connectivity index is 3.25. The summed E-state index contributed by atoms with van der Waals surface area (Å²) in [4.78, 5) is 11.0. The molecule has 18 heavy (non-hydrogen) atoms. The van der Waals surface area contributed by atoms with Crippen molar-refractivity contribution in [1.82, 2.24) is 10.6 Å². The van der Waals surface area contributed by atoms with Gasteiger partial charge in [0.05, 0.1) is 6.54 Å². The lowest BCUT2D eigenvalue weighted by Crippen LogP contribution is -2.39. The zero-order valence-corrected chi connectivity index (χ0v) is 11.4. The van der Waals surface area contributed by atoms with Crippen molar-refractivity contribution < 1.29 is 18.0 Å². The Hall–Kier alpha value is -0.430. The largest absolute Gasteiger partial charge is 0.405 e. The van der Waals surface area contributed by atoms with Gasteiger partial charge in [0.2, 0.25) is 5.91 Å². The first-order valence-electron chi connectivity index (χ1n) is 5.99. The summed E-state index contributed by atoms with van der Waals surface area (Å²) in [5.74, 6) is 0.544. The molecule has 0 spiro atoms. The first kappa shape index (κ1) is 17.6. The average Bonchev–Trinajstić information content (AvgIpc) is 2.29. The van der Waals surface area contributed by atoms with Crippen LogP contribution < -0.4 is 10.6 Å². The van der Waals surface area contributed by atoms with Crippen molar-refractivity contribution in [2.75, 3.05) is 31.6 Å². The third-order valence-electron chi connectivity index (χ3n) is 2.22. The Morgan fingerprint density at radius 1 is 1.17 bits per heavy atom. The van der Waals surface area contributed by atoms with Crippen LogP contribution in [0.5, 0.6) is 0 Å². The minimum absolute atomic E-state index is 0.0547. The molecule has 0 saturated carbocycles. The molecule has 3 nitrogen and oxygen atoms in total. The standard InChI is InChI=1S/C11H21F3N2OS/c1-18-7-5-3-2-4-6-15-8-10(17)16-9-11(12,13)14/h15H,2-9H2,1H3,(H,16,17). The number of nitrogens with one attached hydrogen (secondary N) is 2. The maximum Gasteiger partial charge on any atom is 0.405 e. The fourth-order valence-electron chi connectivity index (χ4n) is 1.31. The SMILES string of the molecule is CSCCCCCCNCC(=O)NCC(F)(F)F. The van der Waals surface area contributed by atoms with Gasteiger partial charge in [-0.15, -0.1) is 0 Å². The van der Waals surface area contributed by atoms with E-state index in [9.17, 15) is 18.0 Å². The van der Waals surface area contributed by atoms with Gasteiger partial charge in [0.15, 0.2) is 0 Å². The Morgan fingerprint density at radius 2 is 1.83 bits per heavy atom. The summed E-state index contributed by atoms with van der Waals surface area (Å²) >= 11 is 1.82. The van der Waals surface area contributed by atoms with Crippen molar-refractivity contribution >= 4 is 17.7 Å². The summed E-state index contributed by atoms with van der Waals surface area (Å²) < 4.78 is 35.3. The zero-order valence-electron chi connectivity index (χ0n) is 10.6. The fraction of sp³-hybridized carbons (Fsp3) is 0.909. The second-order valence-corrected chi connectivity index (χ2v) is 4.96. The van der Waals surface area contributed by atoms with Gasteiger partial charge < -0.3 is 10.6 Å². The maximum absolute atomic E-state index is 11.8. The van der Waals surface area contributed by atoms with Crippen LogP contribution in [0, 0.1) is 0 Å². The molecule has 0 aliphatic heterocycles. The Bertz CT molecular complexity index is 225. The van der Waals surface area contributed by atoms with Gasteiger partial charge in [0.25, 0.3) is 0 Å². The van der Waals surface area contributed by atoms with Crippen molar-refractivity contribution in [1.29, 1.82) is 0 Å². The van der Waals surface area contributed by atoms with E-state index in [1.54, 1.807) is 0 Å². The summed E-state index contributed by atoms with van der Waals surface area (Å²) in [5.41, 5.74) is 0. The highest BCUT2D eigenvalue weighted by atomic mass is 32.2. The van der Waals surface area contributed by atoms with Gasteiger partial charge in [-0.3, -0.25) is 4.79 Å². The van der Waals surface area contributed by atoms with Gasteiger partial charge in [0.1, 0.15) is 6.54 Å². The fourth-order valence-corrected chi connectivity index (χ4v) is 1.81. The van der Waals surface area contributed by atoms with Gasteiger partial charge in [-0.25, -0.2) is 0 Å². The highest BCUT2D eigenvalue weighted by Crippen LogP contribution is 2.11. The van der Waals surface area contributed by atoms with Crippen LogP contribution in [-0.4, -0.2) is 43.7 Å². The molecule has 7 heteroatoms. The van der Waals surface area contributed by atoms with Gasteiger partial charge in [-0.1, -0.05) is 12.8 Å². The molecule has 0 aromatic rings. The average molecular weight is 286 g/mol. The molecule has 0 heterocycles. The molecule has 0 atom stereocenters. The highest BCUT2D eigenvalue weighted by Gasteiger charge is 2.27. The first-order chi connectivity index (χ1) is 8.45. The number of halogens is 3. The number of hydrogen-bond acceptors (Lipinski definition) is 3. The third kappa shape index (κ3) is 13.6. The van der Waals surface area contributed by atoms with Crippen molar-refractivity contribution in [3.8, 4) is 0 Å². The summed E-state index contributed by atoms with van der Waals surface area (Å²) in [6.07, 6.45) is 2.10. The molecular weight excluding hydrogens is 265 g/mol. The van der Waals surface area contributed by atoms with E-state index >= 15 is 0 Å². The van der Waals surface area contributed by atoms with Crippen molar-refractivity contribution in [3.05, 3.63) is 0 Å². The van der Waals surface area contributed by atoms with Crippen LogP contribution in [0.25, 0.3) is 0 Å². The van der Waals surface area contributed by atoms with Crippen LogP contribution >= 0.6 is 11.8 Å². The van der Waals surface area contributed by atoms with Crippen molar-refractivity contribution in [2.45, 2.75) is 31.9 Å². The van der Waals surface area contributed by atoms with Crippen LogP contribution in [0.15, 0.2) is 0 Å². The number of rotatable bonds is 10. The molecule has 0 rings (SSSR count). The van der Waals surface area contributed by atoms with Gasteiger partial charge in [-0.05, 0) is 31.4 Å².